The van der Waals surface area contributed by atoms with E-state index in [1.54, 1.807) is 0 Å². The second-order valence-corrected chi connectivity index (χ2v) is 15.3. The molecule has 5 nitrogen and oxygen atoms in total. The van der Waals surface area contributed by atoms with Crippen LogP contribution in [0.15, 0.2) is 23.3 Å². The minimum Gasteiger partial charge on any atom is -0.342 e. The highest BCUT2D eigenvalue weighted by Gasteiger charge is 2.69. The van der Waals surface area contributed by atoms with Crippen molar-refractivity contribution in [2.75, 3.05) is 13.1 Å². The number of ketones is 2. The summed E-state index contributed by atoms with van der Waals surface area (Å²) in [6, 6.07) is 2.18. The molecule has 0 aromatic heterocycles. The van der Waals surface area contributed by atoms with Crippen LogP contribution in [-0.4, -0.2) is 35.5 Å². The molecule has 0 N–H and O–H groups in total. The van der Waals surface area contributed by atoms with Gasteiger partial charge in [0.1, 0.15) is 6.07 Å². The summed E-state index contributed by atoms with van der Waals surface area (Å²) in [5.74, 6) is 0.600. The van der Waals surface area contributed by atoms with E-state index in [1.807, 2.05) is 19.1 Å². The Morgan fingerprint density at radius 1 is 1.00 bits per heavy atom. The Morgan fingerprint density at radius 2 is 1.71 bits per heavy atom. The number of likely N-dealkylation sites (tertiary alicyclic amines) is 1. The predicted molar refractivity (Wildman–Crippen MR) is 145 cm³/mol. The van der Waals surface area contributed by atoms with Gasteiger partial charge in [0.25, 0.3) is 0 Å². The Morgan fingerprint density at radius 3 is 2.34 bits per heavy atom. The molecule has 0 aromatic rings. The maximum Gasteiger partial charge on any atom is 0.224 e. The molecule has 6 aliphatic rings. The molecule has 3 saturated carbocycles. The van der Waals surface area contributed by atoms with Crippen molar-refractivity contribution in [2.24, 2.45) is 50.7 Å². The van der Waals surface area contributed by atoms with Gasteiger partial charge in [-0.1, -0.05) is 53.2 Å². The Kier molecular flexibility index (Phi) is 5.43. The Labute approximate surface area is 228 Å². The highest BCUT2D eigenvalue weighted by Crippen LogP contribution is 2.73. The fourth-order valence-corrected chi connectivity index (χ4v) is 10.5. The largest absolute Gasteiger partial charge is 0.342 e. The molecule has 0 aromatic carbocycles. The lowest BCUT2D eigenvalue weighted by Crippen LogP contribution is -2.66. The van der Waals surface area contributed by atoms with Gasteiger partial charge < -0.3 is 4.90 Å². The summed E-state index contributed by atoms with van der Waals surface area (Å²) in [5, 5.41) is 9.80. The maximum absolute atomic E-state index is 14.5. The fraction of sp³-hybridized carbons (Fsp3) is 0.758. The molecule has 0 spiro atoms. The molecule has 8 atom stereocenters. The standard InChI is InChI=1S/C33H44N2O3/c1-20-22-7-9-31(5)25(30(22,4)16-21(18-34)28(20)38)15-24(36)27-23-17-29(2,3)10-12-33(23,13-11-32(27,31)6)19-35-14-8-26(35)37/h15-16,20,22-23,27H,7-14,17,19H2,1-6H3/t20-,22-,23-,27-,30-,31+,32+,33+/m0/s1. The first-order chi connectivity index (χ1) is 17.7. The number of carbonyl (C=O) groups is 3. The van der Waals surface area contributed by atoms with Crippen LogP contribution in [0.4, 0.5) is 0 Å². The second-order valence-electron chi connectivity index (χ2n) is 15.3. The van der Waals surface area contributed by atoms with E-state index in [0.29, 0.717) is 6.42 Å². The Balaban J connectivity index is 1.48. The Hall–Kier alpha value is -2.22. The summed E-state index contributed by atoms with van der Waals surface area (Å²) in [5.41, 5.74) is 0.814. The lowest BCUT2D eigenvalue weighted by atomic mass is 9.35. The van der Waals surface area contributed by atoms with E-state index in [2.05, 4.69) is 45.6 Å². The van der Waals surface area contributed by atoms with Gasteiger partial charge in [-0.05, 0) is 84.5 Å². The molecular weight excluding hydrogens is 472 g/mol. The maximum atomic E-state index is 14.5. The Bertz CT molecular complexity index is 1240. The third kappa shape index (κ3) is 3.18. The summed E-state index contributed by atoms with van der Waals surface area (Å²) in [7, 11) is 0. The summed E-state index contributed by atoms with van der Waals surface area (Å²) in [4.78, 5) is 41.9. The first-order valence-electron chi connectivity index (χ1n) is 14.9. The zero-order valence-electron chi connectivity index (χ0n) is 24.2. The summed E-state index contributed by atoms with van der Waals surface area (Å²) >= 11 is 0. The molecule has 0 bridgehead atoms. The molecule has 204 valence electrons. The van der Waals surface area contributed by atoms with Crippen molar-refractivity contribution >= 4 is 17.5 Å². The number of nitriles is 1. The third-order valence-electron chi connectivity index (χ3n) is 13.1. The fourth-order valence-electron chi connectivity index (χ4n) is 10.5. The zero-order valence-corrected chi connectivity index (χ0v) is 24.2. The van der Waals surface area contributed by atoms with Gasteiger partial charge in [-0.15, -0.1) is 0 Å². The molecule has 1 saturated heterocycles. The number of allylic oxidation sites excluding steroid dienone is 4. The summed E-state index contributed by atoms with van der Waals surface area (Å²) < 4.78 is 0. The van der Waals surface area contributed by atoms with E-state index in [9.17, 15) is 19.6 Å². The number of rotatable bonds is 2. The molecular formula is C33H44N2O3. The van der Waals surface area contributed by atoms with Crippen molar-refractivity contribution in [3.8, 4) is 6.07 Å². The van der Waals surface area contributed by atoms with Gasteiger partial charge in [0.2, 0.25) is 5.91 Å². The number of amides is 1. The molecule has 5 aliphatic carbocycles. The minimum atomic E-state index is -0.459. The van der Waals surface area contributed by atoms with Crippen molar-refractivity contribution in [1.82, 2.24) is 4.90 Å². The number of fused-ring (bicyclic) bond motifs is 7. The minimum absolute atomic E-state index is 0.0217. The van der Waals surface area contributed by atoms with Gasteiger partial charge in [-0.2, -0.15) is 5.26 Å². The van der Waals surface area contributed by atoms with Gasteiger partial charge in [-0.25, -0.2) is 0 Å². The van der Waals surface area contributed by atoms with Gasteiger partial charge in [0.15, 0.2) is 11.6 Å². The van der Waals surface area contributed by atoms with Crippen LogP contribution >= 0.6 is 0 Å². The SMILES string of the molecule is C[C@@H]1C(=O)C(C#N)=C[C@]2(C)C3=CC(=O)[C@@H]4[C@@H]5CC(C)(C)CC[C@]5(CN5CCC5=O)CC[C@@]4(C)[C@]3(C)CC[C@@H]12. The number of carbonyl (C=O) groups excluding carboxylic acids is 3. The molecule has 1 heterocycles. The molecule has 6 rings (SSSR count). The van der Waals surface area contributed by atoms with Crippen LogP contribution < -0.4 is 0 Å². The normalized spacial score (nSPS) is 47.4. The van der Waals surface area contributed by atoms with Crippen molar-refractivity contribution in [3.63, 3.8) is 0 Å². The van der Waals surface area contributed by atoms with Crippen molar-refractivity contribution in [3.05, 3.63) is 23.3 Å². The van der Waals surface area contributed by atoms with Gasteiger partial charge >= 0.3 is 0 Å². The smallest absolute Gasteiger partial charge is 0.224 e. The molecule has 1 amide bonds. The van der Waals surface area contributed by atoms with Crippen LogP contribution in [0.5, 0.6) is 0 Å². The first-order valence-corrected chi connectivity index (χ1v) is 14.9. The van der Waals surface area contributed by atoms with Crippen LogP contribution in [-0.2, 0) is 14.4 Å². The predicted octanol–water partition coefficient (Wildman–Crippen LogP) is 6.05. The number of nitrogens with zero attached hydrogens (tertiary/aromatic N) is 2. The van der Waals surface area contributed by atoms with Gasteiger partial charge in [-0.3, -0.25) is 14.4 Å². The molecule has 4 fully saturated rings. The van der Waals surface area contributed by atoms with E-state index in [4.69, 9.17) is 0 Å². The average molecular weight is 517 g/mol. The molecule has 38 heavy (non-hydrogen) atoms. The second kappa shape index (κ2) is 7.92. The molecule has 0 unspecified atom stereocenters. The van der Waals surface area contributed by atoms with Crippen LogP contribution in [0.2, 0.25) is 0 Å². The highest BCUT2D eigenvalue weighted by molar-refractivity contribution is 6.02. The molecule has 1 aliphatic heterocycles. The van der Waals surface area contributed by atoms with Crippen LogP contribution in [0.3, 0.4) is 0 Å². The third-order valence-corrected chi connectivity index (χ3v) is 13.1. The summed E-state index contributed by atoms with van der Waals surface area (Å²) in [6.07, 6.45) is 11.8. The van der Waals surface area contributed by atoms with Gasteiger partial charge in [0.05, 0.1) is 5.57 Å². The van der Waals surface area contributed by atoms with Crippen LogP contribution in [0.1, 0.15) is 92.9 Å². The van der Waals surface area contributed by atoms with E-state index in [-0.39, 0.29) is 68.4 Å². The number of hydrogen-bond donors (Lipinski definition) is 0. The first kappa shape index (κ1) is 26.0. The van der Waals surface area contributed by atoms with Crippen molar-refractivity contribution in [2.45, 2.75) is 92.9 Å². The average Bonchev–Trinajstić information content (AvgIpc) is 2.85. The lowest BCUT2D eigenvalue weighted by Gasteiger charge is -2.69. The quantitative estimate of drug-likeness (QED) is 0.419. The van der Waals surface area contributed by atoms with Crippen molar-refractivity contribution < 1.29 is 14.4 Å². The van der Waals surface area contributed by atoms with E-state index in [0.717, 1.165) is 63.6 Å². The number of β-lactam (4-membered cyclic amide) rings is 1. The van der Waals surface area contributed by atoms with E-state index in [1.165, 1.54) is 0 Å². The lowest BCUT2D eigenvalue weighted by molar-refractivity contribution is -0.177. The van der Waals surface area contributed by atoms with E-state index < -0.39 is 5.41 Å². The number of hydrogen-bond acceptors (Lipinski definition) is 4. The topological polar surface area (TPSA) is 78.2 Å². The zero-order chi connectivity index (χ0) is 27.5. The van der Waals surface area contributed by atoms with Crippen molar-refractivity contribution in [1.29, 1.82) is 5.26 Å². The summed E-state index contributed by atoms with van der Waals surface area (Å²) in [6.45, 7) is 15.3. The van der Waals surface area contributed by atoms with Gasteiger partial charge in [0, 0.05) is 36.8 Å². The monoisotopic (exact) mass is 516 g/mol. The van der Waals surface area contributed by atoms with Crippen LogP contribution in [0, 0.1) is 62.1 Å². The van der Waals surface area contributed by atoms with E-state index >= 15 is 0 Å². The van der Waals surface area contributed by atoms with Crippen LogP contribution in [0.25, 0.3) is 0 Å². The highest BCUT2D eigenvalue weighted by atomic mass is 16.2. The molecule has 5 heteroatoms. The molecule has 0 radical (unpaired) electrons. The number of Topliss-reactive ketones (excluding diaryl/α,β-unsaturated/α-hetero) is 1.